The molecule has 0 heterocycles. The van der Waals surface area contributed by atoms with Crippen molar-refractivity contribution in [3.8, 4) is 0 Å². The van der Waals surface area contributed by atoms with E-state index in [0.29, 0.717) is 6.79 Å². The van der Waals surface area contributed by atoms with Crippen LogP contribution in [0.3, 0.4) is 0 Å². The summed E-state index contributed by atoms with van der Waals surface area (Å²) in [6.07, 6.45) is 0.900. The molecule has 1 aromatic carbocycles. The normalized spacial score (nSPS) is 11.6. The molecule has 0 fully saturated rings. The van der Waals surface area contributed by atoms with E-state index < -0.39 is 0 Å². The van der Waals surface area contributed by atoms with Crippen LogP contribution in [0.4, 0.5) is 0 Å². The van der Waals surface area contributed by atoms with Crippen LogP contribution in [0.25, 0.3) is 0 Å². The Morgan fingerprint density at radius 1 is 1.14 bits per heavy atom. The quantitative estimate of drug-likeness (QED) is 0.671. The Balaban J connectivity index is 2.50. The van der Waals surface area contributed by atoms with Crippen molar-refractivity contribution >= 4 is 0 Å². The molecule has 78 valence electrons. The molecular formula is C12H18O2. The summed E-state index contributed by atoms with van der Waals surface area (Å²) >= 11 is 0. The first-order valence-electron chi connectivity index (χ1n) is 4.81. The Bertz CT molecular complexity index is 254. The van der Waals surface area contributed by atoms with E-state index in [9.17, 15) is 0 Å². The summed E-state index contributed by atoms with van der Waals surface area (Å²) in [6.45, 7) is 4.48. The van der Waals surface area contributed by atoms with E-state index in [2.05, 4.69) is 26.0 Å². The summed E-state index contributed by atoms with van der Waals surface area (Å²) in [7, 11) is 1.64. The Labute approximate surface area is 85.8 Å². The van der Waals surface area contributed by atoms with Crippen LogP contribution >= 0.6 is 0 Å². The highest BCUT2D eigenvalue weighted by molar-refractivity contribution is 5.16. The summed E-state index contributed by atoms with van der Waals surface area (Å²) in [4.78, 5) is 0. The second-order valence-electron chi connectivity index (χ2n) is 3.97. The van der Waals surface area contributed by atoms with Gasteiger partial charge in [-0.05, 0) is 19.4 Å². The van der Waals surface area contributed by atoms with Gasteiger partial charge in [-0.15, -0.1) is 0 Å². The van der Waals surface area contributed by atoms with Gasteiger partial charge >= 0.3 is 0 Å². The largest absolute Gasteiger partial charge is 0.359 e. The van der Waals surface area contributed by atoms with Crippen LogP contribution < -0.4 is 0 Å². The van der Waals surface area contributed by atoms with E-state index in [1.165, 1.54) is 5.56 Å². The summed E-state index contributed by atoms with van der Waals surface area (Å²) in [5.41, 5.74) is 1.12. The fourth-order valence-electron chi connectivity index (χ4n) is 1.36. The van der Waals surface area contributed by atoms with Crippen molar-refractivity contribution in [1.29, 1.82) is 0 Å². The van der Waals surface area contributed by atoms with Crippen molar-refractivity contribution < 1.29 is 9.47 Å². The molecule has 0 spiro atoms. The summed E-state index contributed by atoms with van der Waals surface area (Å²) in [5.74, 6) is 0. The molecule has 0 saturated carbocycles. The highest BCUT2D eigenvalue weighted by Gasteiger charge is 2.18. The lowest BCUT2D eigenvalue weighted by atomic mass is 9.99. The van der Waals surface area contributed by atoms with E-state index in [0.717, 1.165) is 6.42 Å². The zero-order valence-corrected chi connectivity index (χ0v) is 9.12. The van der Waals surface area contributed by atoms with Crippen LogP contribution in [0.5, 0.6) is 0 Å². The lowest BCUT2D eigenvalue weighted by Gasteiger charge is -2.24. The second kappa shape index (κ2) is 5.13. The molecule has 0 N–H and O–H groups in total. The van der Waals surface area contributed by atoms with Crippen molar-refractivity contribution in [2.45, 2.75) is 25.9 Å². The topological polar surface area (TPSA) is 18.5 Å². The van der Waals surface area contributed by atoms with Gasteiger partial charge in [-0.2, -0.15) is 0 Å². The molecule has 0 aromatic heterocycles. The number of ether oxygens (including phenoxy) is 2. The van der Waals surface area contributed by atoms with Gasteiger partial charge in [0.2, 0.25) is 0 Å². The van der Waals surface area contributed by atoms with Crippen LogP contribution in [-0.4, -0.2) is 19.5 Å². The molecule has 0 aliphatic carbocycles. The summed E-state index contributed by atoms with van der Waals surface area (Å²) in [6, 6.07) is 10.3. The molecular weight excluding hydrogens is 176 g/mol. The molecule has 0 amide bonds. The monoisotopic (exact) mass is 194 g/mol. The van der Waals surface area contributed by atoms with Crippen LogP contribution in [-0.2, 0) is 15.9 Å². The van der Waals surface area contributed by atoms with Gasteiger partial charge in [-0.25, -0.2) is 0 Å². The minimum Gasteiger partial charge on any atom is -0.359 e. The van der Waals surface area contributed by atoms with Gasteiger partial charge in [0.25, 0.3) is 0 Å². The van der Waals surface area contributed by atoms with Gasteiger partial charge in [-0.3, -0.25) is 0 Å². The van der Waals surface area contributed by atoms with E-state index in [1.54, 1.807) is 7.11 Å². The van der Waals surface area contributed by atoms with Crippen molar-refractivity contribution in [1.82, 2.24) is 0 Å². The minimum absolute atomic E-state index is 0.169. The average molecular weight is 194 g/mol. The Morgan fingerprint density at radius 3 is 2.36 bits per heavy atom. The van der Waals surface area contributed by atoms with E-state index >= 15 is 0 Å². The third kappa shape index (κ3) is 3.90. The van der Waals surface area contributed by atoms with Crippen molar-refractivity contribution in [2.24, 2.45) is 0 Å². The first kappa shape index (κ1) is 11.2. The highest BCUT2D eigenvalue weighted by atomic mass is 16.7. The van der Waals surface area contributed by atoms with Crippen molar-refractivity contribution in [2.75, 3.05) is 13.9 Å². The predicted molar refractivity (Wildman–Crippen MR) is 57.2 cm³/mol. The summed E-state index contributed by atoms with van der Waals surface area (Å²) < 4.78 is 10.5. The molecule has 2 nitrogen and oxygen atoms in total. The molecule has 2 heteroatoms. The van der Waals surface area contributed by atoms with Crippen molar-refractivity contribution in [3.63, 3.8) is 0 Å². The Hall–Kier alpha value is -0.860. The van der Waals surface area contributed by atoms with Gasteiger partial charge in [0, 0.05) is 13.5 Å². The van der Waals surface area contributed by atoms with E-state index in [4.69, 9.17) is 9.47 Å². The maximum Gasteiger partial charge on any atom is 0.147 e. The zero-order chi connectivity index (χ0) is 10.4. The first-order chi connectivity index (χ1) is 6.64. The lowest BCUT2D eigenvalue weighted by molar-refractivity contribution is -0.113. The molecule has 14 heavy (non-hydrogen) atoms. The van der Waals surface area contributed by atoms with Gasteiger partial charge in [-0.1, -0.05) is 30.3 Å². The molecule has 0 unspecified atom stereocenters. The van der Waals surface area contributed by atoms with Crippen LogP contribution in [0.1, 0.15) is 19.4 Å². The predicted octanol–water partition coefficient (Wildman–Crippen LogP) is 2.63. The number of benzene rings is 1. The van der Waals surface area contributed by atoms with Crippen LogP contribution in [0.2, 0.25) is 0 Å². The number of rotatable bonds is 5. The second-order valence-corrected chi connectivity index (χ2v) is 3.97. The Kier molecular flexibility index (Phi) is 4.11. The SMILES string of the molecule is COCOC(C)(C)Cc1ccccc1. The van der Waals surface area contributed by atoms with E-state index in [1.807, 2.05) is 18.2 Å². The maximum atomic E-state index is 5.56. The highest BCUT2D eigenvalue weighted by Crippen LogP contribution is 2.16. The molecule has 1 rings (SSSR count). The number of hydrogen-bond donors (Lipinski definition) is 0. The fraction of sp³-hybridized carbons (Fsp3) is 0.500. The van der Waals surface area contributed by atoms with Gasteiger partial charge < -0.3 is 9.47 Å². The molecule has 0 saturated heterocycles. The van der Waals surface area contributed by atoms with Crippen LogP contribution in [0.15, 0.2) is 30.3 Å². The molecule has 0 aliphatic rings. The molecule has 0 atom stereocenters. The number of hydrogen-bond acceptors (Lipinski definition) is 2. The van der Waals surface area contributed by atoms with E-state index in [-0.39, 0.29) is 5.60 Å². The Morgan fingerprint density at radius 2 is 1.79 bits per heavy atom. The first-order valence-corrected chi connectivity index (χ1v) is 4.81. The third-order valence-electron chi connectivity index (χ3n) is 2.04. The van der Waals surface area contributed by atoms with Gasteiger partial charge in [0.05, 0.1) is 5.60 Å². The van der Waals surface area contributed by atoms with Crippen LogP contribution in [0, 0.1) is 0 Å². The third-order valence-corrected chi connectivity index (χ3v) is 2.04. The summed E-state index contributed by atoms with van der Waals surface area (Å²) in [5, 5.41) is 0. The molecule has 1 aromatic rings. The number of methoxy groups -OCH3 is 1. The molecule has 0 bridgehead atoms. The fourth-order valence-corrected chi connectivity index (χ4v) is 1.36. The van der Waals surface area contributed by atoms with Gasteiger partial charge in [0.1, 0.15) is 6.79 Å². The zero-order valence-electron chi connectivity index (χ0n) is 9.12. The smallest absolute Gasteiger partial charge is 0.147 e. The lowest BCUT2D eigenvalue weighted by Crippen LogP contribution is -2.28. The standard InChI is InChI=1S/C12H18O2/c1-12(2,14-10-13-3)9-11-7-5-4-6-8-11/h4-8H,9-10H2,1-3H3. The van der Waals surface area contributed by atoms with Gasteiger partial charge in [0.15, 0.2) is 0 Å². The minimum atomic E-state index is -0.169. The van der Waals surface area contributed by atoms with Crippen molar-refractivity contribution in [3.05, 3.63) is 35.9 Å². The average Bonchev–Trinajstić information content (AvgIpc) is 2.16. The molecule has 0 aliphatic heterocycles. The maximum absolute atomic E-state index is 5.56. The molecule has 0 radical (unpaired) electrons.